The molecule has 0 radical (unpaired) electrons. The Kier molecular flexibility index (Phi) is 4.71. The van der Waals surface area contributed by atoms with E-state index in [2.05, 4.69) is 20.8 Å². The molecule has 92 valence electrons. The molecule has 0 atom stereocenters. The summed E-state index contributed by atoms with van der Waals surface area (Å²) in [4.78, 5) is 5.47. The molecule has 1 heterocycles. The van der Waals surface area contributed by atoms with Gasteiger partial charge in [-0.1, -0.05) is 32.6 Å². The number of nitrogens with two attached hydrogens (primary N) is 1. The molecule has 0 spiro atoms. The number of rotatable bonds is 6. The molecule has 0 saturated carbocycles. The Balaban J connectivity index is 2.36. The molecule has 1 aliphatic heterocycles. The molecular weight excluding hydrogens is 200 g/mol. The summed E-state index contributed by atoms with van der Waals surface area (Å²) < 4.78 is 0. The third-order valence-corrected chi connectivity index (χ3v) is 2.94. The van der Waals surface area contributed by atoms with Crippen molar-refractivity contribution in [3.63, 3.8) is 0 Å². The molecule has 0 fully saturated rings. The van der Waals surface area contributed by atoms with Crippen molar-refractivity contribution < 1.29 is 4.84 Å². The lowest BCUT2D eigenvalue weighted by atomic mass is 9.96. The summed E-state index contributed by atoms with van der Waals surface area (Å²) in [5, 5.41) is 1.88. The van der Waals surface area contributed by atoms with Gasteiger partial charge in [-0.25, -0.2) is 5.06 Å². The van der Waals surface area contributed by atoms with Crippen molar-refractivity contribution >= 4 is 0 Å². The Bertz CT molecular complexity index is 269. The fourth-order valence-electron chi connectivity index (χ4n) is 1.78. The molecule has 16 heavy (non-hydrogen) atoms. The van der Waals surface area contributed by atoms with Gasteiger partial charge in [0.15, 0.2) is 0 Å². The molecule has 0 bridgehead atoms. The zero-order chi connectivity index (χ0) is 12.0. The number of hydrogen-bond acceptors (Lipinski definition) is 3. The first-order valence-corrected chi connectivity index (χ1v) is 6.16. The third-order valence-electron chi connectivity index (χ3n) is 2.94. The molecule has 1 rings (SSSR count). The standard InChI is InChI=1S/C13H24N2O/c1-4-5-6-7-9-13(2,3)15-10-8-12(14)11-16-15/h8,10-11H,4-7,9,14H2,1-3H3. The first-order chi connectivity index (χ1) is 7.56. The SMILES string of the molecule is CCCCCCC(C)(C)N1C=CC(N)=CO1. The van der Waals surface area contributed by atoms with Crippen molar-refractivity contribution in [3.05, 3.63) is 24.2 Å². The Morgan fingerprint density at radius 2 is 2.06 bits per heavy atom. The van der Waals surface area contributed by atoms with Crippen LogP contribution in [0.1, 0.15) is 52.9 Å². The number of allylic oxidation sites excluding steroid dienone is 1. The predicted octanol–water partition coefficient (Wildman–Crippen LogP) is 3.30. The van der Waals surface area contributed by atoms with Crippen molar-refractivity contribution in [1.29, 1.82) is 0 Å². The van der Waals surface area contributed by atoms with Crippen molar-refractivity contribution in [2.75, 3.05) is 0 Å². The van der Waals surface area contributed by atoms with E-state index >= 15 is 0 Å². The van der Waals surface area contributed by atoms with Crippen LogP contribution in [0, 0.1) is 0 Å². The van der Waals surface area contributed by atoms with E-state index in [0.29, 0.717) is 5.70 Å². The maximum atomic E-state index is 5.60. The third kappa shape index (κ3) is 3.80. The van der Waals surface area contributed by atoms with Crippen LogP contribution in [0.4, 0.5) is 0 Å². The second-order valence-electron chi connectivity index (χ2n) is 4.99. The molecular formula is C13H24N2O. The molecule has 3 heteroatoms. The fourth-order valence-corrected chi connectivity index (χ4v) is 1.78. The van der Waals surface area contributed by atoms with Gasteiger partial charge in [-0.05, 0) is 26.3 Å². The minimum Gasteiger partial charge on any atom is -0.396 e. The van der Waals surface area contributed by atoms with Crippen LogP contribution in [0.15, 0.2) is 24.2 Å². The van der Waals surface area contributed by atoms with Gasteiger partial charge in [0.1, 0.15) is 6.26 Å². The summed E-state index contributed by atoms with van der Waals surface area (Å²) in [6.07, 6.45) is 11.6. The van der Waals surface area contributed by atoms with Crippen LogP contribution in [0.25, 0.3) is 0 Å². The van der Waals surface area contributed by atoms with Crippen LogP contribution in [0.5, 0.6) is 0 Å². The van der Waals surface area contributed by atoms with Gasteiger partial charge in [0.25, 0.3) is 0 Å². The lowest BCUT2D eigenvalue weighted by Gasteiger charge is -2.37. The van der Waals surface area contributed by atoms with E-state index in [1.54, 1.807) is 6.26 Å². The first kappa shape index (κ1) is 12.9. The second kappa shape index (κ2) is 5.83. The van der Waals surface area contributed by atoms with Crippen LogP contribution < -0.4 is 5.73 Å². The summed E-state index contributed by atoms with van der Waals surface area (Å²) in [6.45, 7) is 6.62. The van der Waals surface area contributed by atoms with Gasteiger partial charge in [0.05, 0.1) is 11.2 Å². The molecule has 0 aromatic carbocycles. The number of hydrogen-bond donors (Lipinski definition) is 1. The van der Waals surface area contributed by atoms with E-state index in [1.807, 2.05) is 17.3 Å². The van der Waals surface area contributed by atoms with Crippen LogP contribution in [0.2, 0.25) is 0 Å². The summed E-state index contributed by atoms with van der Waals surface area (Å²) >= 11 is 0. The smallest absolute Gasteiger partial charge is 0.142 e. The molecule has 1 aliphatic rings. The van der Waals surface area contributed by atoms with E-state index in [0.717, 1.165) is 6.42 Å². The largest absolute Gasteiger partial charge is 0.396 e. The van der Waals surface area contributed by atoms with Gasteiger partial charge >= 0.3 is 0 Å². The van der Waals surface area contributed by atoms with Crippen LogP contribution >= 0.6 is 0 Å². The molecule has 0 aromatic rings. The van der Waals surface area contributed by atoms with E-state index < -0.39 is 0 Å². The highest BCUT2D eigenvalue weighted by Crippen LogP contribution is 2.25. The van der Waals surface area contributed by atoms with E-state index in [1.165, 1.54) is 25.7 Å². The van der Waals surface area contributed by atoms with Crippen molar-refractivity contribution in [3.8, 4) is 0 Å². The summed E-state index contributed by atoms with van der Waals surface area (Å²) in [5.74, 6) is 0. The van der Waals surface area contributed by atoms with Crippen molar-refractivity contribution in [2.45, 2.75) is 58.4 Å². The fraction of sp³-hybridized carbons (Fsp3) is 0.692. The van der Waals surface area contributed by atoms with E-state index in [9.17, 15) is 0 Å². The average Bonchev–Trinajstić information content (AvgIpc) is 2.25. The monoisotopic (exact) mass is 224 g/mol. The van der Waals surface area contributed by atoms with Gasteiger partial charge in [-0.2, -0.15) is 0 Å². The summed E-state index contributed by atoms with van der Waals surface area (Å²) in [7, 11) is 0. The van der Waals surface area contributed by atoms with Gasteiger partial charge in [-0.15, -0.1) is 0 Å². The molecule has 3 nitrogen and oxygen atoms in total. The molecule has 0 saturated heterocycles. The zero-order valence-electron chi connectivity index (χ0n) is 10.7. The Hall–Kier alpha value is -1.12. The number of hydroxylamine groups is 2. The van der Waals surface area contributed by atoms with Crippen LogP contribution in [0.3, 0.4) is 0 Å². The summed E-state index contributed by atoms with van der Waals surface area (Å²) in [5.41, 5.74) is 6.30. The highest BCUT2D eigenvalue weighted by molar-refractivity contribution is 5.14. The van der Waals surface area contributed by atoms with Crippen molar-refractivity contribution in [1.82, 2.24) is 5.06 Å². The highest BCUT2D eigenvalue weighted by Gasteiger charge is 2.26. The molecule has 0 unspecified atom stereocenters. The second-order valence-corrected chi connectivity index (χ2v) is 4.99. The normalized spacial score (nSPS) is 15.9. The Morgan fingerprint density at radius 1 is 1.31 bits per heavy atom. The Labute approximate surface area is 98.9 Å². The Morgan fingerprint density at radius 3 is 2.62 bits per heavy atom. The minimum atomic E-state index is 0.0292. The zero-order valence-corrected chi connectivity index (χ0v) is 10.7. The molecule has 2 N–H and O–H groups in total. The van der Waals surface area contributed by atoms with Gasteiger partial charge < -0.3 is 10.6 Å². The van der Waals surface area contributed by atoms with Gasteiger partial charge in [0.2, 0.25) is 0 Å². The quantitative estimate of drug-likeness (QED) is 0.703. The highest BCUT2D eigenvalue weighted by atomic mass is 16.7. The number of unbranched alkanes of at least 4 members (excludes halogenated alkanes) is 3. The lowest BCUT2D eigenvalue weighted by molar-refractivity contribution is -0.134. The molecule has 0 amide bonds. The van der Waals surface area contributed by atoms with E-state index in [4.69, 9.17) is 10.6 Å². The number of nitrogens with zero attached hydrogens (tertiary/aromatic N) is 1. The van der Waals surface area contributed by atoms with Gasteiger partial charge in [0, 0.05) is 6.20 Å². The van der Waals surface area contributed by atoms with Crippen LogP contribution in [-0.2, 0) is 4.84 Å². The first-order valence-electron chi connectivity index (χ1n) is 6.16. The summed E-state index contributed by atoms with van der Waals surface area (Å²) in [6, 6.07) is 0. The average molecular weight is 224 g/mol. The van der Waals surface area contributed by atoms with Crippen LogP contribution in [-0.4, -0.2) is 10.6 Å². The van der Waals surface area contributed by atoms with Gasteiger partial charge in [-0.3, -0.25) is 0 Å². The lowest BCUT2D eigenvalue weighted by Crippen LogP contribution is -2.40. The predicted molar refractivity (Wildman–Crippen MR) is 67.2 cm³/mol. The molecule has 0 aliphatic carbocycles. The minimum absolute atomic E-state index is 0.0292. The van der Waals surface area contributed by atoms with E-state index in [-0.39, 0.29) is 5.54 Å². The van der Waals surface area contributed by atoms with Crippen molar-refractivity contribution in [2.24, 2.45) is 5.73 Å². The topological polar surface area (TPSA) is 38.5 Å². The molecule has 0 aromatic heterocycles. The maximum absolute atomic E-state index is 5.60. The maximum Gasteiger partial charge on any atom is 0.142 e.